The van der Waals surface area contributed by atoms with Crippen molar-refractivity contribution in [2.45, 2.75) is 20.4 Å². The van der Waals surface area contributed by atoms with Crippen LogP contribution in [-0.2, 0) is 11.3 Å². The van der Waals surface area contributed by atoms with E-state index in [1.807, 2.05) is 30.0 Å². The number of carbonyl (C=O) groups is 1. The fourth-order valence-corrected chi connectivity index (χ4v) is 2.20. The van der Waals surface area contributed by atoms with Crippen LogP contribution >= 0.6 is 0 Å². The normalized spacial score (nSPS) is 12.0. The highest BCUT2D eigenvalue weighted by Gasteiger charge is 2.18. The minimum Gasteiger partial charge on any atom is -0.481 e. The summed E-state index contributed by atoms with van der Waals surface area (Å²) in [7, 11) is 0. The molecule has 116 valence electrons. The van der Waals surface area contributed by atoms with Crippen LogP contribution in [0.1, 0.15) is 18.1 Å². The van der Waals surface area contributed by atoms with E-state index in [1.54, 1.807) is 19.2 Å². The molecule has 0 amide bonds. The summed E-state index contributed by atoms with van der Waals surface area (Å²) in [6, 6.07) is 10.1. The monoisotopic (exact) mass is 302 g/mol. The standard InChI is InChI=1S/C17H19FN2O2/c1-12-6-7-19-16(8-12)20(10-13(2)17(21)22)11-14-4-3-5-15(18)9-14/h3-9,13H,10-11H2,1-2H3,(H,21,22). The highest BCUT2D eigenvalue weighted by Crippen LogP contribution is 2.18. The minimum absolute atomic E-state index is 0.305. The molecule has 2 rings (SSSR count). The van der Waals surface area contributed by atoms with Gasteiger partial charge in [0.05, 0.1) is 5.92 Å². The van der Waals surface area contributed by atoms with Crippen LogP contribution in [0.5, 0.6) is 0 Å². The van der Waals surface area contributed by atoms with Gasteiger partial charge in [-0.25, -0.2) is 9.37 Å². The third kappa shape index (κ3) is 4.28. The Hall–Kier alpha value is -2.43. The molecule has 0 aliphatic heterocycles. The van der Waals surface area contributed by atoms with Crippen LogP contribution in [0.25, 0.3) is 0 Å². The van der Waals surface area contributed by atoms with E-state index in [2.05, 4.69) is 4.98 Å². The summed E-state index contributed by atoms with van der Waals surface area (Å²) in [6.45, 7) is 4.32. The molecule has 1 atom stereocenters. The number of pyridine rings is 1. The highest BCUT2D eigenvalue weighted by atomic mass is 19.1. The molecule has 4 nitrogen and oxygen atoms in total. The van der Waals surface area contributed by atoms with Crippen molar-refractivity contribution in [1.29, 1.82) is 0 Å². The van der Waals surface area contributed by atoms with Crippen molar-refractivity contribution in [3.8, 4) is 0 Å². The first-order valence-electron chi connectivity index (χ1n) is 7.10. The Morgan fingerprint density at radius 2 is 2.14 bits per heavy atom. The van der Waals surface area contributed by atoms with Crippen molar-refractivity contribution in [3.05, 3.63) is 59.5 Å². The van der Waals surface area contributed by atoms with E-state index in [9.17, 15) is 9.18 Å². The number of halogens is 1. The van der Waals surface area contributed by atoms with Crippen LogP contribution in [0.3, 0.4) is 0 Å². The van der Waals surface area contributed by atoms with Crippen molar-refractivity contribution >= 4 is 11.8 Å². The summed E-state index contributed by atoms with van der Waals surface area (Å²) in [5.41, 5.74) is 1.82. The zero-order valence-corrected chi connectivity index (χ0v) is 12.7. The molecule has 1 unspecified atom stereocenters. The van der Waals surface area contributed by atoms with Gasteiger partial charge in [-0.05, 0) is 42.3 Å². The van der Waals surface area contributed by atoms with E-state index in [1.165, 1.54) is 12.1 Å². The first-order valence-corrected chi connectivity index (χ1v) is 7.10. The number of benzene rings is 1. The average molecular weight is 302 g/mol. The lowest BCUT2D eigenvalue weighted by atomic mass is 10.1. The number of hydrogen-bond donors (Lipinski definition) is 1. The number of nitrogens with zero attached hydrogens (tertiary/aromatic N) is 2. The smallest absolute Gasteiger partial charge is 0.308 e. The Kier molecular flexibility index (Phi) is 5.09. The maximum atomic E-state index is 13.3. The third-order valence-corrected chi connectivity index (χ3v) is 3.40. The van der Waals surface area contributed by atoms with Crippen LogP contribution in [0.15, 0.2) is 42.6 Å². The molecular formula is C17H19FN2O2. The van der Waals surface area contributed by atoms with Gasteiger partial charge in [-0.15, -0.1) is 0 Å². The van der Waals surface area contributed by atoms with E-state index in [0.29, 0.717) is 18.9 Å². The Morgan fingerprint density at radius 3 is 2.77 bits per heavy atom. The van der Waals surface area contributed by atoms with Gasteiger partial charge in [-0.1, -0.05) is 19.1 Å². The maximum absolute atomic E-state index is 13.3. The van der Waals surface area contributed by atoms with Gasteiger partial charge in [0.1, 0.15) is 11.6 Å². The Morgan fingerprint density at radius 1 is 1.36 bits per heavy atom. The van der Waals surface area contributed by atoms with Crippen molar-refractivity contribution in [1.82, 2.24) is 4.98 Å². The topological polar surface area (TPSA) is 53.4 Å². The van der Waals surface area contributed by atoms with Crippen molar-refractivity contribution in [3.63, 3.8) is 0 Å². The lowest BCUT2D eigenvalue weighted by Crippen LogP contribution is -2.32. The summed E-state index contributed by atoms with van der Waals surface area (Å²) in [6.07, 6.45) is 1.69. The molecule has 0 aliphatic rings. The summed E-state index contributed by atoms with van der Waals surface area (Å²) in [5, 5.41) is 9.14. The van der Waals surface area contributed by atoms with Crippen molar-refractivity contribution in [2.75, 3.05) is 11.4 Å². The van der Waals surface area contributed by atoms with Crippen LogP contribution in [-0.4, -0.2) is 22.6 Å². The fraction of sp³-hybridized carbons (Fsp3) is 0.294. The van der Waals surface area contributed by atoms with E-state index >= 15 is 0 Å². The number of anilines is 1. The second-order valence-corrected chi connectivity index (χ2v) is 5.44. The molecule has 5 heteroatoms. The van der Waals surface area contributed by atoms with Crippen LogP contribution in [0.2, 0.25) is 0 Å². The number of aliphatic carboxylic acids is 1. The Labute approximate surface area is 129 Å². The molecule has 0 aliphatic carbocycles. The number of carboxylic acids is 1. The highest BCUT2D eigenvalue weighted by molar-refractivity contribution is 5.70. The van der Waals surface area contributed by atoms with Gasteiger partial charge in [0.25, 0.3) is 0 Å². The second-order valence-electron chi connectivity index (χ2n) is 5.44. The predicted octanol–water partition coefficient (Wildman–Crippen LogP) is 3.26. The molecule has 1 heterocycles. The van der Waals surface area contributed by atoms with Gasteiger partial charge in [0, 0.05) is 19.3 Å². The molecule has 1 aromatic carbocycles. The molecule has 22 heavy (non-hydrogen) atoms. The van der Waals surface area contributed by atoms with E-state index in [4.69, 9.17) is 5.11 Å². The first-order chi connectivity index (χ1) is 10.5. The van der Waals surface area contributed by atoms with Crippen molar-refractivity contribution in [2.24, 2.45) is 5.92 Å². The van der Waals surface area contributed by atoms with E-state index in [-0.39, 0.29) is 5.82 Å². The van der Waals surface area contributed by atoms with Gasteiger partial charge < -0.3 is 10.0 Å². The summed E-state index contributed by atoms with van der Waals surface area (Å²) < 4.78 is 13.3. The van der Waals surface area contributed by atoms with Gasteiger partial charge >= 0.3 is 5.97 Å². The zero-order chi connectivity index (χ0) is 16.1. The summed E-state index contributed by atoms with van der Waals surface area (Å²) in [4.78, 5) is 17.3. The number of aromatic nitrogens is 1. The molecule has 1 aromatic heterocycles. The second kappa shape index (κ2) is 7.02. The largest absolute Gasteiger partial charge is 0.481 e. The summed E-state index contributed by atoms with van der Waals surface area (Å²) in [5.74, 6) is -1.02. The molecule has 0 fully saturated rings. The average Bonchev–Trinajstić information content (AvgIpc) is 2.46. The molecule has 0 radical (unpaired) electrons. The lowest BCUT2D eigenvalue weighted by molar-refractivity contribution is -0.140. The van der Waals surface area contributed by atoms with Gasteiger partial charge in [0.2, 0.25) is 0 Å². The molecule has 1 N–H and O–H groups in total. The number of rotatable bonds is 6. The Balaban J connectivity index is 2.26. The van der Waals surface area contributed by atoms with Crippen LogP contribution in [0, 0.1) is 18.7 Å². The van der Waals surface area contributed by atoms with Crippen molar-refractivity contribution < 1.29 is 14.3 Å². The van der Waals surface area contributed by atoms with Crippen LogP contribution in [0.4, 0.5) is 10.2 Å². The van der Waals surface area contributed by atoms with E-state index in [0.717, 1.165) is 11.1 Å². The lowest BCUT2D eigenvalue weighted by Gasteiger charge is -2.26. The predicted molar refractivity (Wildman–Crippen MR) is 83.2 cm³/mol. The molecule has 2 aromatic rings. The zero-order valence-electron chi connectivity index (χ0n) is 12.7. The van der Waals surface area contributed by atoms with Gasteiger partial charge in [-0.3, -0.25) is 4.79 Å². The molecule has 0 saturated heterocycles. The third-order valence-electron chi connectivity index (χ3n) is 3.40. The number of aryl methyl sites for hydroxylation is 1. The van der Waals surface area contributed by atoms with Crippen LogP contribution < -0.4 is 4.90 Å². The Bertz CT molecular complexity index is 661. The molecule has 0 saturated carbocycles. The van der Waals surface area contributed by atoms with Gasteiger partial charge in [0.15, 0.2) is 0 Å². The maximum Gasteiger partial charge on any atom is 0.308 e. The quantitative estimate of drug-likeness (QED) is 0.890. The SMILES string of the molecule is Cc1ccnc(N(Cc2cccc(F)c2)CC(C)C(=O)O)c1. The van der Waals surface area contributed by atoms with Gasteiger partial charge in [-0.2, -0.15) is 0 Å². The number of hydrogen-bond acceptors (Lipinski definition) is 3. The molecular weight excluding hydrogens is 283 g/mol. The number of carboxylic acid groups (broad SMARTS) is 1. The summed E-state index contributed by atoms with van der Waals surface area (Å²) >= 11 is 0. The molecule has 0 spiro atoms. The first kappa shape index (κ1) is 15.9. The minimum atomic E-state index is -0.864. The fourth-order valence-electron chi connectivity index (χ4n) is 2.20. The van der Waals surface area contributed by atoms with E-state index < -0.39 is 11.9 Å². The molecule has 0 bridgehead atoms.